The molecule has 0 atom stereocenters. The van der Waals surface area contributed by atoms with Crippen molar-refractivity contribution in [3.05, 3.63) is 99.4 Å². The third-order valence-electron chi connectivity index (χ3n) is 6.04. The lowest BCUT2D eigenvalue weighted by Crippen LogP contribution is -2.07. The number of halogens is 1. The Morgan fingerprint density at radius 1 is 0.912 bits per heavy atom. The van der Waals surface area contributed by atoms with Gasteiger partial charge < -0.3 is 4.42 Å². The van der Waals surface area contributed by atoms with Crippen molar-refractivity contribution < 1.29 is 4.42 Å². The van der Waals surface area contributed by atoms with Crippen LogP contribution in [0.5, 0.6) is 0 Å². The van der Waals surface area contributed by atoms with E-state index in [1.165, 1.54) is 0 Å². The van der Waals surface area contributed by atoms with Crippen LogP contribution in [0.1, 0.15) is 19.0 Å². The Balaban J connectivity index is 1.91. The second-order valence-electron chi connectivity index (χ2n) is 8.25. The lowest BCUT2D eigenvalue weighted by atomic mass is 9.99. The highest BCUT2D eigenvalue weighted by molar-refractivity contribution is 9.10. The highest BCUT2D eigenvalue weighted by atomic mass is 79.9. The van der Waals surface area contributed by atoms with Crippen LogP contribution in [-0.4, -0.2) is 14.8 Å². The Labute approximate surface area is 203 Å². The molecule has 6 rings (SSSR count). The number of aryl methyl sites for hydroxylation is 1. The van der Waals surface area contributed by atoms with E-state index in [9.17, 15) is 4.79 Å². The van der Waals surface area contributed by atoms with E-state index in [0.717, 1.165) is 55.3 Å². The Hall–Kier alpha value is -3.77. The number of pyridine rings is 1. The van der Waals surface area contributed by atoms with Crippen molar-refractivity contribution in [3.63, 3.8) is 0 Å². The third-order valence-corrected chi connectivity index (χ3v) is 6.54. The number of benzene rings is 3. The first kappa shape index (κ1) is 20.8. The standard InChI is InChI=1S/C28H20BrN3O2/c1-2-9-21-24-23(20-16-18(29)14-15-22(20)34-28(24)33)25-26(17-10-5-3-6-11-17)31-32(27(25)30-21)19-12-7-4-8-13-19/h3-8,10-16H,2,9H2,1H3. The molecule has 3 aromatic heterocycles. The van der Waals surface area contributed by atoms with Crippen molar-refractivity contribution in [1.82, 2.24) is 14.8 Å². The minimum absolute atomic E-state index is 0.367. The van der Waals surface area contributed by atoms with Crippen LogP contribution in [0.15, 0.2) is 92.5 Å². The zero-order valence-corrected chi connectivity index (χ0v) is 20.0. The van der Waals surface area contributed by atoms with E-state index in [2.05, 4.69) is 22.9 Å². The van der Waals surface area contributed by atoms with Gasteiger partial charge in [0.2, 0.25) is 0 Å². The largest absolute Gasteiger partial charge is 0.422 e. The predicted octanol–water partition coefficient (Wildman–Crippen LogP) is 7.06. The molecule has 166 valence electrons. The molecule has 0 bridgehead atoms. The lowest BCUT2D eigenvalue weighted by Gasteiger charge is -2.10. The fraction of sp³-hybridized carbons (Fsp3) is 0.107. The lowest BCUT2D eigenvalue weighted by molar-refractivity contribution is 0.568. The summed E-state index contributed by atoms with van der Waals surface area (Å²) in [5.74, 6) is 0. The van der Waals surface area contributed by atoms with Crippen molar-refractivity contribution in [2.75, 3.05) is 0 Å². The molecule has 3 heterocycles. The number of aromatic nitrogens is 3. The molecule has 0 aliphatic rings. The van der Waals surface area contributed by atoms with Crippen molar-refractivity contribution in [2.45, 2.75) is 19.8 Å². The van der Waals surface area contributed by atoms with Gasteiger partial charge in [0.15, 0.2) is 5.65 Å². The SMILES string of the molecule is CCCc1nc2c(c(-c3ccccc3)nn2-c2ccccc2)c2c1c(=O)oc1ccc(Br)cc12. The second-order valence-corrected chi connectivity index (χ2v) is 9.16. The summed E-state index contributed by atoms with van der Waals surface area (Å²) in [5.41, 5.74) is 4.30. The second kappa shape index (κ2) is 8.22. The zero-order chi connectivity index (χ0) is 23.2. The molecule has 0 spiro atoms. The Kier molecular flexibility index (Phi) is 5.03. The summed E-state index contributed by atoms with van der Waals surface area (Å²) in [7, 11) is 0. The molecule has 0 fully saturated rings. The highest BCUT2D eigenvalue weighted by Gasteiger charge is 2.24. The van der Waals surface area contributed by atoms with Gasteiger partial charge >= 0.3 is 5.63 Å². The molecular formula is C28H20BrN3O2. The van der Waals surface area contributed by atoms with Gasteiger partial charge in [-0.15, -0.1) is 0 Å². The van der Waals surface area contributed by atoms with Gasteiger partial charge in [0.25, 0.3) is 0 Å². The van der Waals surface area contributed by atoms with Gasteiger partial charge in [-0.25, -0.2) is 14.5 Å². The average Bonchev–Trinajstić information content (AvgIpc) is 3.25. The molecule has 0 radical (unpaired) electrons. The molecule has 0 amide bonds. The number of para-hydroxylation sites is 1. The summed E-state index contributed by atoms with van der Waals surface area (Å²) < 4.78 is 8.55. The topological polar surface area (TPSA) is 60.9 Å². The quantitative estimate of drug-likeness (QED) is 0.188. The number of fused-ring (bicyclic) bond motifs is 5. The number of hydrogen-bond acceptors (Lipinski definition) is 4. The van der Waals surface area contributed by atoms with Gasteiger partial charge in [0, 0.05) is 20.8 Å². The van der Waals surface area contributed by atoms with Gasteiger partial charge in [-0.05, 0) is 36.8 Å². The summed E-state index contributed by atoms with van der Waals surface area (Å²) in [5, 5.41) is 8.13. The van der Waals surface area contributed by atoms with Crippen LogP contribution in [0, 0.1) is 0 Å². The van der Waals surface area contributed by atoms with E-state index in [0.29, 0.717) is 17.4 Å². The fourth-order valence-corrected chi connectivity index (χ4v) is 4.95. The Morgan fingerprint density at radius 2 is 1.65 bits per heavy atom. The molecule has 0 saturated heterocycles. The molecule has 0 aliphatic heterocycles. The van der Waals surface area contributed by atoms with E-state index in [-0.39, 0.29) is 5.63 Å². The minimum Gasteiger partial charge on any atom is -0.422 e. The molecular weight excluding hydrogens is 490 g/mol. The number of hydrogen-bond donors (Lipinski definition) is 0. The minimum atomic E-state index is -0.367. The number of rotatable bonds is 4. The van der Waals surface area contributed by atoms with Crippen LogP contribution < -0.4 is 5.63 Å². The third kappa shape index (κ3) is 3.25. The number of nitrogens with zero attached hydrogens (tertiary/aromatic N) is 3. The van der Waals surface area contributed by atoms with Crippen LogP contribution in [0.25, 0.3) is 49.7 Å². The Morgan fingerprint density at radius 3 is 2.38 bits per heavy atom. The first-order valence-corrected chi connectivity index (χ1v) is 12.0. The maximum Gasteiger partial charge on any atom is 0.346 e. The predicted molar refractivity (Wildman–Crippen MR) is 140 cm³/mol. The molecule has 3 aromatic carbocycles. The monoisotopic (exact) mass is 509 g/mol. The molecule has 6 aromatic rings. The van der Waals surface area contributed by atoms with Crippen LogP contribution >= 0.6 is 15.9 Å². The highest BCUT2D eigenvalue weighted by Crippen LogP contribution is 2.38. The van der Waals surface area contributed by atoms with Crippen molar-refractivity contribution >= 4 is 48.7 Å². The molecule has 6 heteroatoms. The molecule has 5 nitrogen and oxygen atoms in total. The molecule has 0 unspecified atom stereocenters. The van der Waals surface area contributed by atoms with E-state index >= 15 is 0 Å². The summed E-state index contributed by atoms with van der Waals surface area (Å²) in [6.07, 6.45) is 1.52. The fourth-order valence-electron chi connectivity index (χ4n) is 4.59. The maximum absolute atomic E-state index is 13.3. The van der Waals surface area contributed by atoms with Crippen molar-refractivity contribution in [1.29, 1.82) is 0 Å². The van der Waals surface area contributed by atoms with Crippen LogP contribution in [0.2, 0.25) is 0 Å². The summed E-state index contributed by atoms with van der Waals surface area (Å²) in [4.78, 5) is 18.3. The summed E-state index contributed by atoms with van der Waals surface area (Å²) in [6.45, 7) is 2.08. The van der Waals surface area contributed by atoms with Gasteiger partial charge in [-0.2, -0.15) is 5.10 Å². The molecule has 0 saturated carbocycles. The first-order valence-electron chi connectivity index (χ1n) is 11.2. The van der Waals surface area contributed by atoms with Gasteiger partial charge in [0.1, 0.15) is 11.3 Å². The maximum atomic E-state index is 13.3. The average molecular weight is 510 g/mol. The molecule has 34 heavy (non-hydrogen) atoms. The molecule has 0 aliphatic carbocycles. The van der Waals surface area contributed by atoms with E-state index in [1.807, 2.05) is 83.5 Å². The van der Waals surface area contributed by atoms with Crippen LogP contribution in [-0.2, 0) is 6.42 Å². The normalized spacial score (nSPS) is 11.6. The van der Waals surface area contributed by atoms with Crippen LogP contribution in [0.4, 0.5) is 0 Å². The summed E-state index contributed by atoms with van der Waals surface area (Å²) in [6, 6.07) is 25.7. The summed E-state index contributed by atoms with van der Waals surface area (Å²) >= 11 is 3.60. The van der Waals surface area contributed by atoms with Gasteiger partial charge in [0.05, 0.1) is 22.2 Å². The van der Waals surface area contributed by atoms with E-state index in [4.69, 9.17) is 14.5 Å². The van der Waals surface area contributed by atoms with Crippen molar-refractivity contribution in [3.8, 4) is 16.9 Å². The van der Waals surface area contributed by atoms with E-state index in [1.54, 1.807) is 0 Å². The van der Waals surface area contributed by atoms with Gasteiger partial charge in [-0.3, -0.25) is 0 Å². The zero-order valence-electron chi connectivity index (χ0n) is 18.5. The van der Waals surface area contributed by atoms with Crippen LogP contribution in [0.3, 0.4) is 0 Å². The first-order chi connectivity index (χ1) is 16.7. The van der Waals surface area contributed by atoms with E-state index < -0.39 is 0 Å². The van der Waals surface area contributed by atoms with Gasteiger partial charge in [-0.1, -0.05) is 77.8 Å². The Bertz CT molecular complexity index is 1740. The molecule has 0 N–H and O–H groups in total. The smallest absolute Gasteiger partial charge is 0.346 e. The van der Waals surface area contributed by atoms with Crippen molar-refractivity contribution in [2.24, 2.45) is 0 Å².